The zero-order valence-electron chi connectivity index (χ0n) is 15.9. The number of ketones is 1. The molecule has 0 N–H and O–H groups in total. The van der Waals surface area contributed by atoms with E-state index >= 15 is 0 Å². The minimum absolute atomic E-state index is 0.0827. The highest BCUT2D eigenvalue weighted by atomic mass is 16.5. The molecule has 0 fully saturated rings. The highest BCUT2D eigenvalue weighted by Crippen LogP contribution is 2.29. The van der Waals surface area contributed by atoms with E-state index in [2.05, 4.69) is 0 Å². The smallest absolute Gasteiger partial charge is 0.196 e. The van der Waals surface area contributed by atoms with Gasteiger partial charge >= 0.3 is 0 Å². The van der Waals surface area contributed by atoms with Crippen molar-refractivity contribution < 1.29 is 14.6 Å². The number of hydrogen-bond donors (Lipinski definition) is 0. The molecule has 0 unspecified atom stereocenters. The Bertz CT molecular complexity index is 1020. The SMILES string of the molecule is [O]C1(COc2ccccc2C(=O)c2ccccc2)C=CC(c2ccccc2)C=C1. The van der Waals surface area contributed by atoms with E-state index in [9.17, 15) is 9.90 Å². The highest BCUT2D eigenvalue weighted by Gasteiger charge is 2.28. The predicted octanol–water partition coefficient (Wildman–Crippen LogP) is 5.38. The third-order valence-corrected chi connectivity index (χ3v) is 4.98. The van der Waals surface area contributed by atoms with Gasteiger partial charge in [-0.25, -0.2) is 5.11 Å². The first-order valence-corrected chi connectivity index (χ1v) is 9.60. The van der Waals surface area contributed by atoms with Crippen LogP contribution in [0.1, 0.15) is 27.4 Å². The van der Waals surface area contributed by atoms with Crippen molar-refractivity contribution in [3.63, 3.8) is 0 Å². The van der Waals surface area contributed by atoms with Crippen molar-refractivity contribution >= 4 is 5.78 Å². The van der Waals surface area contributed by atoms with Gasteiger partial charge in [-0.15, -0.1) is 0 Å². The van der Waals surface area contributed by atoms with Gasteiger partial charge in [0, 0.05) is 11.5 Å². The van der Waals surface area contributed by atoms with Crippen LogP contribution < -0.4 is 4.74 Å². The largest absolute Gasteiger partial charge is 0.489 e. The van der Waals surface area contributed by atoms with Crippen LogP contribution >= 0.6 is 0 Å². The predicted molar refractivity (Wildman–Crippen MR) is 113 cm³/mol. The van der Waals surface area contributed by atoms with Crippen molar-refractivity contribution in [1.82, 2.24) is 0 Å². The van der Waals surface area contributed by atoms with E-state index in [4.69, 9.17) is 4.74 Å². The number of ether oxygens (including phenoxy) is 1. The fourth-order valence-electron chi connectivity index (χ4n) is 3.36. The molecule has 143 valence electrons. The summed E-state index contributed by atoms with van der Waals surface area (Å²) in [4.78, 5) is 12.8. The molecule has 1 aliphatic rings. The van der Waals surface area contributed by atoms with E-state index in [0.717, 1.165) is 5.56 Å². The molecular formula is C26H21O3. The third kappa shape index (κ3) is 4.36. The quantitative estimate of drug-likeness (QED) is 0.425. The van der Waals surface area contributed by atoms with Crippen LogP contribution in [0.4, 0.5) is 0 Å². The standard InChI is InChI=1S/C26H21O3/c27-25(22-11-5-2-6-12-22)23-13-7-8-14-24(23)29-19-26(28)17-15-21(16-18-26)20-9-3-1-4-10-20/h1-18,21H,19H2. The number of rotatable bonds is 6. The summed E-state index contributed by atoms with van der Waals surface area (Å²) in [7, 11) is 0. The second-order valence-corrected chi connectivity index (χ2v) is 7.09. The van der Waals surface area contributed by atoms with Crippen molar-refractivity contribution in [3.05, 3.63) is 126 Å². The molecule has 1 radical (unpaired) electrons. The molecule has 0 atom stereocenters. The summed E-state index contributed by atoms with van der Waals surface area (Å²) in [6.45, 7) is -0.0827. The van der Waals surface area contributed by atoms with Gasteiger partial charge in [-0.3, -0.25) is 4.79 Å². The van der Waals surface area contributed by atoms with Crippen LogP contribution in [-0.2, 0) is 5.11 Å². The first-order chi connectivity index (χ1) is 14.1. The molecule has 0 bridgehead atoms. The zero-order valence-corrected chi connectivity index (χ0v) is 15.9. The molecule has 0 heterocycles. The summed E-state index contributed by atoms with van der Waals surface area (Å²) in [5, 5.41) is 13.0. The second-order valence-electron chi connectivity index (χ2n) is 7.09. The Morgan fingerprint density at radius 3 is 2.07 bits per heavy atom. The molecule has 0 aromatic heterocycles. The summed E-state index contributed by atoms with van der Waals surface area (Å²) in [6, 6.07) is 26.1. The lowest BCUT2D eigenvalue weighted by Gasteiger charge is -2.24. The summed E-state index contributed by atoms with van der Waals surface area (Å²) in [5.41, 5.74) is 0.715. The number of para-hydroxylation sites is 1. The first kappa shape index (κ1) is 18.9. The highest BCUT2D eigenvalue weighted by molar-refractivity contribution is 6.10. The van der Waals surface area contributed by atoms with Crippen molar-refractivity contribution in [2.75, 3.05) is 6.61 Å². The number of allylic oxidation sites excluding steroid dienone is 2. The van der Waals surface area contributed by atoms with Crippen LogP contribution in [-0.4, -0.2) is 18.0 Å². The molecule has 0 saturated carbocycles. The summed E-state index contributed by atoms with van der Waals surface area (Å²) < 4.78 is 5.83. The van der Waals surface area contributed by atoms with E-state index < -0.39 is 5.60 Å². The van der Waals surface area contributed by atoms with Gasteiger partial charge in [0.15, 0.2) is 11.4 Å². The van der Waals surface area contributed by atoms with E-state index in [-0.39, 0.29) is 18.3 Å². The number of benzene rings is 3. The molecule has 3 nitrogen and oxygen atoms in total. The molecule has 0 amide bonds. The maximum atomic E-state index is 13.0. The summed E-state index contributed by atoms with van der Waals surface area (Å²) in [5.74, 6) is 0.383. The van der Waals surface area contributed by atoms with Crippen LogP contribution in [0, 0.1) is 0 Å². The van der Waals surface area contributed by atoms with Gasteiger partial charge in [-0.2, -0.15) is 0 Å². The normalized spacial score (nSPS) is 20.4. The van der Waals surface area contributed by atoms with Crippen molar-refractivity contribution in [1.29, 1.82) is 0 Å². The average Bonchev–Trinajstić information content (AvgIpc) is 2.79. The van der Waals surface area contributed by atoms with Gasteiger partial charge in [0.1, 0.15) is 12.4 Å². The third-order valence-electron chi connectivity index (χ3n) is 4.98. The molecule has 1 aliphatic carbocycles. The Labute approximate surface area is 170 Å². The monoisotopic (exact) mass is 381 g/mol. The molecule has 29 heavy (non-hydrogen) atoms. The van der Waals surface area contributed by atoms with Crippen molar-refractivity contribution in [2.45, 2.75) is 11.5 Å². The lowest BCUT2D eigenvalue weighted by atomic mass is 9.89. The molecule has 3 aromatic carbocycles. The van der Waals surface area contributed by atoms with E-state index in [1.807, 2.05) is 60.7 Å². The minimum Gasteiger partial charge on any atom is -0.489 e. The summed E-state index contributed by atoms with van der Waals surface area (Å²) >= 11 is 0. The van der Waals surface area contributed by atoms with Crippen molar-refractivity contribution in [2.24, 2.45) is 0 Å². The van der Waals surface area contributed by atoms with Crippen molar-refractivity contribution in [3.8, 4) is 5.75 Å². The lowest BCUT2D eigenvalue weighted by molar-refractivity contribution is 0.0142. The Morgan fingerprint density at radius 1 is 0.793 bits per heavy atom. The van der Waals surface area contributed by atoms with Crippen LogP contribution in [0.15, 0.2) is 109 Å². The van der Waals surface area contributed by atoms with Gasteiger partial charge in [0.25, 0.3) is 0 Å². The van der Waals surface area contributed by atoms with E-state index in [0.29, 0.717) is 16.9 Å². The Morgan fingerprint density at radius 2 is 1.38 bits per heavy atom. The Kier molecular flexibility index (Phi) is 5.41. The van der Waals surface area contributed by atoms with E-state index in [1.54, 1.807) is 48.6 Å². The fourth-order valence-corrected chi connectivity index (χ4v) is 3.36. The fraction of sp³-hybridized carbons (Fsp3) is 0.115. The maximum Gasteiger partial charge on any atom is 0.196 e. The van der Waals surface area contributed by atoms with Gasteiger partial charge in [-0.1, -0.05) is 84.9 Å². The Balaban J connectivity index is 1.48. The second kappa shape index (κ2) is 8.29. The Hall–Kier alpha value is -3.43. The molecule has 0 spiro atoms. The number of carbonyl (C=O) groups excluding carboxylic acids is 1. The molecule has 0 saturated heterocycles. The first-order valence-electron chi connectivity index (χ1n) is 9.60. The van der Waals surface area contributed by atoms with Crippen LogP contribution in [0.3, 0.4) is 0 Å². The minimum atomic E-state index is -1.46. The van der Waals surface area contributed by atoms with Gasteiger partial charge in [0.05, 0.1) is 5.56 Å². The van der Waals surface area contributed by atoms with E-state index in [1.165, 1.54) is 0 Å². The van der Waals surface area contributed by atoms with Crippen LogP contribution in [0.25, 0.3) is 0 Å². The van der Waals surface area contributed by atoms with Gasteiger partial charge in [0.2, 0.25) is 0 Å². The van der Waals surface area contributed by atoms with Crippen LogP contribution in [0.2, 0.25) is 0 Å². The summed E-state index contributed by atoms with van der Waals surface area (Å²) in [6.07, 6.45) is 7.11. The lowest BCUT2D eigenvalue weighted by Crippen LogP contribution is -2.32. The average molecular weight is 381 g/mol. The van der Waals surface area contributed by atoms with Crippen LogP contribution in [0.5, 0.6) is 5.75 Å². The maximum absolute atomic E-state index is 13.0. The zero-order chi connectivity index (χ0) is 20.1. The topological polar surface area (TPSA) is 46.2 Å². The number of hydrogen-bond acceptors (Lipinski definition) is 2. The molecular weight excluding hydrogens is 360 g/mol. The molecule has 3 heteroatoms. The molecule has 0 aliphatic heterocycles. The van der Waals surface area contributed by atoms with Gasteiger partial charge in [-0.05, 0) is 29.8 Å². The van der Waals surface area contributed by atoms with Gasteiger partial charge < -0.3 is 4.74 Å². The number of carbonyl (C=O) groups is 1. The molecule has 4 rings (SSSR count). The molecule has 3 aromatic rings.